The van der Waals surface area contributed by atoms with Gasteiger partial charge in [0.25, 0.3) is 0 Å². The van der Waals surface area contributed by atoms with Crippen molar-refractivity contribution >= 4 is 27.6 Å². The van der Waals surface area contributed by atoms with Crippen LogP contribution in [0.1, 0.15) is 31.7 Å². The molecule has 4 aromatic rings. The summed E-state index contributed by atoms with van der Waals surface area (Å²) in [5.41, 5.74) is -3.09. The van der Waals surface area contributed by atoms with Gasteiger partial charge in [-0.2, -0.15) is 23.1 Å². The van der Waals surface area contributed by atoms with Gasteiger partial charge in [0.05, 0.1) is 36.2 Å². The highest BCUT2D eigenvalue weighted by atomic mass is 19.4. The second kappa shape index (κ2) is 10.5. The van der Waals surface area contributed by atoms with Gasteiger partial charge in [0, 0.05) is 48.4 Å². The van der Waals surface area contributed by atoms with E-state index in [9.17, 15) is 22.7 Å². The quantitative estimate of drug-likeness (QED) is 0.306. The monoisotopic (exact) mass is 618 g/mol. The smallest absolute Gasteiger partial charge is 0.417 e. The van der Waals surface area contributed by atoms with E-state index in [0.29, 0.717) is 19.5 Å². The van der Waals surface area contributed by atoms with Crippen molar-refractivity contribution in [3.05, 3.63) is 42.0 Å². The molecule has 9 nitrogen and oxygen atoms in total. The van der Waals surface area contributed by atoms with Crippen LogP contribution in [0.4, 0.5) is 27.8 Å². The molecular weight excluding hydrogens is 587 g/mol. The third-order valence-electron chi connectivity index (χ3n) is 8.89. The number of rotatable bonds is 5. The number of aromatic amines is 1. The molecule has 0 saturated carbocycles. The lowest BCUT2D eigenvalue weighted by molar-refractivity contribution is -0.136. The molecular formula is C30H31F5N6O3. The number of halogens is 5. The summed E-state index contributed by atoms with van der Waals surface area (Å²) < 4.78 is 84.4. The summed E-state index contributed by atoms with van der Waals surface area (Å²) in [6, 6.07) is 3.53. The van der Waals surface area contributed by atoms with E-state index in [-0.39, 0.29) is 71.3 Å². The molecule has 0 bridgehead atoms. The summed E-state index contributed by atoms with van der Waals surface area (Å²) in [4.78, 5) is 19.9. The molecule has 0 spiro atoms. The van der Waals surface area contributed by atoms with Crippen molar-refractivity contribution in [3.63, 3.8) is 0 Å². The third-order valence-corrected chi connectivity index (χ3v) is 8.89. The van der Waals surface area contributed by atoms with E-state index < -0.39 is 34.9 Å². The molecule has 44 heavy (non-hydrogen) atoms. The van der Waals surface area contributed by atoms with Crippen molar-refractivity contribution in [1.29, 1.82) is 0 Å². The molecule has 7 rings (SSSR count). The fourth-order valence-corrected chi connectivity index (χ4v) is 6.95. The van der Waals surface area contributed by atoms with Gasteiger partial charge in [-0.3, -0.25) is 9.88 Å². The zero-order valence-electron chi connectivity index (χ0n) is 23.9. The summed E-state index contributed by atoms with van der Waals surface area (Å²) in [6.07, 6.45) is -1.09. The molecule has 3 aliphatic rings. The summed E-state index contributed by atoms with van der Waals surface area (Å²) in [5.74, 6) is -0.712. The maximum atomic E-state index is 16.5. The van der Waals surface area contributed by atoms with Crippen LogP contribution < -0.4 is 9.64 Å². The Labute approximate surface area is 249 Å². The maximum absolute atomic E-state index is 16.5. The number of pyridine rings is 1. The van der Waals surface area contributed by atoms with Crippen LogP contribution in [0.5, 0.6) is 6.01 Å². The van der Waals surface area contributed by atoms with Gasteiger partial charge in [0.15, 0.2) is 5.82 Å². The van der Waals surface area contributed by atoms with Crippen LogP contribution in [0.15, 0.2) is 30.6 Å². The lowest BCUT2D eigenvalue weighted by Crippen LogP contribution is -2.44. The number of fused-ring (bicyclic) bond motifs is 3. The van der Waals surface area contributed by atoms with Crippen molar-refractivity contribution in [2.75, 3.05) is 50.9 Å². The number of nitrogens with one attached hydrogen (secondary N) is 1. The molecule has 0 amide bonds. The first kappa shape index (κ1) is 29.1. The molecule has 3 fully saturated rings. The Morgan fingerprint density at radius 1 is 1.23 bits per heavy atom. The summed E-state index contributed by atoms with van der Waals surface area (Å²) in [7, 11) is 0. The molecule has 6 heterocycles. The lowest BCUT2D eigenvalue weighted by Gasteiger charge is -2.31. The highest BCUT2D eigenvalue weighted by molar-refractivity contribution is 6.00. The van der Waals surface area contributed by atoms with Crippen molar-refractivity contribution in [3.8, 4) is 17.3 Å². The number of hydrogen-bond donors (Lipinski definition) is 2. The van der Waals surface area contributed by atoms with Crippen LogP contribution in [0.25, 0.3) is 33.1 Å². The topological polar surface area (TPSA) is 99.6 Å². The van der Waals surface area contributed by atoms with Crippen LogP contribution in [0.2, 0.25) is 0 Å². The molecule has 3 aliphatic heterocycles. The molecule has 3 saturated heterocycles. The minimum atomic E-state index is -4.68. The zero-order valence-corrected chi connectivity index (χ0v) is 23.9. The molecule has 0 aliphatic carbocycles. The molecule has 2 N–H and O–H groups in total. The normalized spacial score (nSPS) is 26.4. The Balaban J connectivity index is 1.36. The van der Waals surface area contributed by atoms with Crippen molar-refractivity contribution in [2.45, 2.75) is 49.7 Å². The predicted molar refractivity (Wildman–Crippen MR) is 152 cm³/mol. The van der Waals surface area contributed by atoms with E-state index in [1.807, 2.05) is 0 Å². The van der Waals surface area contributed by atoms with E-state index in [4.69, 9.17) is 9.47 Å². The van der Waals surface area contributed by atoms with E-state index >= 15 is 4.39 Å². The number of H-pyrrole nitrogens is 1. The van der Waals surface area contributed by atoms with Gasteiger partial charge >= 0.3 is 12.2 Å². The van der Waals surface area contributed by atoms with Gasteiger partial charge in [-0.25, -0.2) is 8.78 Å². The first-order chi connectivity index (χ1) is 20.9. The standard InChI is InChI=1S/C30H31F5N6O3/c1-28(42)14-40(8-9-43-15-28)26-19-12-37-24(18-11-36-21-5-2-4-20(22(18)21)30(33,34)35)23(32)25(19)38-27(39-26)44-16-29-6-3-7-41(29)13-17(31)10-29/h2,4-5,11-12,17,36,42H,3,6-10,13-16H2,1H3. The van der Waals surface area contributed by atoms with Crippen molar-refractivity contribution in [2.24, 2.45) is 0 Å². The molecule has 3 unspecified atom stereocenters. The predicted octanol–water partition coefficient (Wildman–Crippen LogP) is 4.87. The van der Waals surface area contributed by atoms with Gasteiger partial charge in [0.1, 0.15) is 35.4 Å². The van der Waals surface area contributed by atoms with Gasteiger partial charge in [-0.05, 0) is 38.4 Å². The Kier molecular flexibility index (Phi) is 6.94. The maximum Gasteiger partial charge on any atom is 0.417 e. The number of anilines is 1. The minimum absolute atomic E-state index is 0.0681. The summed E-state index contributed by atoms with van der Waals surface area (Å²) >= 11 is 0. The Morgan fingerprint density at radius 3 is 2.89 bits per heavy atom. The molecule has 3 atom stereocenters. The lowest BCUT2D eigenvalue weighted by atomic mass is 9.95. The van der Waals surface area contributed by atoms with Crippen molar-refractivity contribution < 1.29 is 36.5 Å². The largest absolute Gasteiger partial charge is 0.461 e. The Bertz CT molecular complexity index is 1730. The Morgan fingerprint density at radius 2 is 2.07 bits per heavy atom. The number of aromatic nitrogens is 4. The molecule has 0 radical (unpaired) electrons. The highest BCUT2D eigenvalue weighted by Gasteiger charge is 2.49. The van der Waals surface area contributed by atoms with Gasteiger partial charge < -0.3 is 24.5 Å². The van der Waals surface area contributed by atoms with Crippen LogP contribution in [0, 0.1) is 5.82 Å². The second-order valence-electron chi connectivity index (χ2n) is 12.3. The fraction of sp³-hybridized carbons (Fsp3) is 0.500. The number of alkyl halides is 4. The second-order valence-corrected chi connectivity index (χ2v) is 12.3. The highest BCUT2D eigenvalue weighted by Crippen LogP contribution is 2.42. The van der Waals surface area contributed by atoms with Gasteiger partial charge in [-0.15, -0.1) is 0 Å². The van der Waals surface area contributed by atoms with E-state index in [2.05, 4.69) is 24.8 Å². The van der Waals surface area contributed by atoms with E-state index in [1.54, 1.807) is 11.8 Å². The number of aliphatic hydroxyl groups is 1. The number of hydrogen-bond acceptors (Lipinski definition) is 8. The van der Waals surface area contributed by atoms with Crippen LogP contribution >= 0.6 is 0 Å². The number of ether oxygens (including phenoxy) is 2. The molecule has 1 aromatic carbocycles. The summed E-state index contributed by atoms with van der Waals surface area (Å²) in [6.45, 7) is 3.53. The number of nitrogens with zero attached hydrogens (tertiary/aromatic N) is 5. The van der Waals surface area contributed by atoms with E-state index in [0.717, 1.165) is 25.5 Å². The summed E-state index contributed by atoms with van der Waals surface area (Å²) in [5, 5.41) is 10.8. The zero-order chi connectivity index (χ0) is 30.9. The number of β-amino-alcohol motifs (C(OH)–C–C–N with tert-alkyl or cyclic N) is 1. The molecule has 3 aromatic heterocycles. The van der Waals surface area contributed by atoms with Crippen LogP contribution in [-0.4, -0.2) is 93.3 Å². The third kappa shape index (κ3) is 5.02. The minimum Gasteiger partial charge on any atom is -0.461 e. The SMILES string of the molecule is CC1(O)COCCN(c2nc(OCC34CCCN3CC(F)C4)nc3c(F)c(-c4c[nH]c5cccc(C(F)(F)F)c45)ncc23)C1. The average Bonchev–Trinajstić information content (AvgIpc) is 3.61. The van der Waals surface area contributed by atoms with Crippen LogP contribution in [-0.2, 0) is 10.9 Å². The average molecular weight is 619 g/mol. The molecule has 14 heteroatoms. The Hall–Kier alpha value is -3.62. The van der Waals surface area contributed by atoms with Crippen LogP contribution in [0.3, 0.4) is 0 Å². The first-order valence-electron chi connectivity index (χ1n) is 14.6. The number of benzene rings is 1. The fourth-order valence-electron chi connectivity index (χ4n) is 6.95. The van der Waals surface area contributed by atoms with E-state index in [1.165, 1.54) is 24.5 Å². The molecule has 234 valence electrons. The van der Waals surface area contributed by atoms with Gasteiger partial charge in [0.2, 0.25) is 0 Å². The first-order valence-corrected chi connectivity index (χ1v) is 14.6. The van der Waals surface area contributed by atoms with Gasteiger partial charge in [-0.1, -0.05) is 6.07 Å². The van der Waals surface area contributed by atoms with Crippen molar-refractivity contribution in [1.82, 2.24) is 24.8 Å².